The summed E-state index contributed by atoms with van der Waals surface area (Å²) in [5.41, 5.74) is 2.40. The van der Waals surface area contributed by atoms with Crippen molar-refractivity contribution in [2.75, 3.05) is 32.8 Å². The molecule has 1 saturated heterocycles. The predicted molar refractivity (Wildman–Crippen MR) is 186 cm³/mol. The van der Waals surface area contributed by atoms with Crippen LogP contribution in [0.4, 0.5) is 4.79 Å². The monoisotopic (exact) mass is 636 g/mol. The van der Waals surface area contributed by atoms with E-state index in [1.54, 1.807) is 4.90 Å². The highest BCUT2D eigenvalue weighted by Crippen LogP contribution is 2.29. The van der Waals surface area contributed by atoms with E-state index in [0.717, 1.165) is 30.4 Å². The third kappa shape index (κ3) is 15.1. The first-order valence-corrected chi connectivity index (χ1v) is 17.8. The topological polar surface area (TPSA) is 77.1 Å². The van der Waals surface area contributed by atoms with Crippen molar-refractivity contribution in [2.45, 2.75) is 129 Å². The van der Waals surface area contributed by atoms with Crippen molar-refractivity contribution in [3.8, 4) is 0 Å². The van der Waals surface area contributed by atoms with E-state index in [4.69, 9.17) is 14.2 Å². The number of carbonyl (C=O) groups is 2. The molecule has 1 N–H and O–H groups in total. The van der Waals surface area contributed by atoms with Gasteiger partial charge < -0.3 is 24.4 Å². The minimum atomic E-state index is -0.499. The predicted octanol–water partition coefficient (Wildman–Crippen LogP) is 9.05. The summed E-state index contributed by atoms with van der Waals surface area (Å²) in [5.74, 6) is 0.193. The highest BCUT2D eigenvalue weighted by atomic mass is 16.6. The van der Waals surface area contributed by atoms with Crippen LogP contribution in [0.15, 0.2) is 54.6 Å². The number of piperidine rings is 1. The standard InChI is InChI=1S/C39H60N2O5/c1-5-6-7-8-9-10-11-12-13-17-27-45-36(31-44-30-32-19-15-14-16-20-32)29-40-37(42)35-22-18-21-34(28-35)33-23-25-41(26-24-33)38(43)46-39(2,3)4/h14-16,18-22,28,33,36H,5-13,17,23-27,29-31H2,1-4H3,(H,40,42). The van der Waals surface area contributed by atoms with Gasteiger partial charge >= 0.3 is 6.09 Å². The molecule has 0 saturated carbocycles. The molecular weight excluding hydrogens is 576 g/mol. The Labute approximate surface area is 278 Å². The van der Waals surface area contributed by atoms with Crippen molar-refractivity contribution in [1.29, 1.82) is 0 Å². The Hall–Kier alpha value is -2.90. The number of nitrogens with zero attached hydrogens (tertiary/aromatic N) is 1. The fourth-order valence-electron chi connectivity index (χ4n) is 5.85. The maximum atomic E-state index is 13.2. The van der Waals surface area contributed by atoms with Crippen molar-refractivity contribution in [3.05, 3.63) is 71.3 Å². The summed E-state index contributed by atoms with van der Waals surface area (Å²) in [7, 11) is 0. The molecule has 46 heavy (non-hydrogen) atoms. The van der Waals surface area contributed by atoms with Gasteiger partial charge in [0.2, 0.25) is 0 Å². The molecule has 0 radical (unpaired) electrons. The van der Waals surface area contributed by atoms with Crippen LogP contribution >= 0.6 is 0 Å². The minimum Gasteiger partial charge on any atom is -0.444 e. The van der Waals surface area contributed by atoms with E-state index >= 15 is 0 Å². The van der Waals surface area contributed by atoms with E-state index in [-0.39, 0.29) is 18.1 Å². The molecule has 256 valence electrons. The van der Waals surface area contributed by atoms with Gasteiger partial charge in [0.05, 0.1) is 19.3 Å². The van der Waals surface area contributed by atoms with Crippen molar-refractivity contribution < 1.29 is 23.8 Å². The van der Waals surface area contributed by atoms with Crippen LogP contribution in [0, 0.1) is 0 Å². The van der Waals surface area contributed by atoms with Crippen LogP contribution in [-0.4, -0.2) is 61.5 Å². The van der Waals surface area contributed by atoms with Crippen molar-refractivity contribution in [2.24, 2.45) is 0 Å². The van der Waals surface area contributed by atoms with Gasteiger partial charge in [0.1, 0.15) is 5.60 Å². The first-order chi connectivity index (χ1) is 22.2. The largest absolute Gasteiger partial charge is 0.444 e. The smallest absolute Gasteiger partial charge is 0.410 e. The van der Waals surface area contributed by atoms with E-state index < -0.39 is 5.60 Å². The van der Waals surface area contributed by atoms with E-state index in [0.29, 0.717) is 50.9 Å². The van der Waals surface area contributed by atoms with Gasteiger partial charge in [-0.1, -0.05) is 107 Å². The molecule has 2 aromatic carbocycles. The zero-order chi connectivity index (χ0) is 33.0. The summed E-state index contributed by atoms with van der Waals surface area (Å²) in [6.07, 6.45) is 14.0. The van der Waals surface area contributed by atoms with Gasteiger partial charge in [0.25, 0.3) is 5.91 Å². The van der Waals surface area contributed by atoms with Gasteiger partial charge in [0, 0.05) is 31.8 Å². The zero-order valence-corrected chi connectivity index (χ0v) is 29.1. The Kier molecular flexibility index (Phi) is 17.2. The molecule has 0 aromatic heterocycles. The lowest BCUT2D eigenvalue weighted by molar-refractivity contribution is -0.0212. The van der Waals surface area contributed by atoms with Crippen LogP contribution in [0.3, 0.4) is 0 Å². The molecule has 1 atom stereocenters. The molecule has 1 fully saturated rings. The first kappa shape index (κ1) is 37.6. The Bertz CT molecular complexity index is 1120. The fourth-order valence-corrected chi connectivity index (χ4v) is 5.85. The minimum absolute atomic E-state index is 0.108. The molecule has 1 unspecified atom stereocenters. The van der Waals surface area contributed by atoms with Crippen LogP contribution in [0.1, 0.15) is 132 Å². The SMILES string of the molecule is CCCCCCCCCCCCOC(CNC(=O)c1cccc(C2CCN(C(=O)OC(C)(C)C)CC2)c1)COCc1ccccc1. The first-order valence-electron chi connectivity index (χ1n) is 17.8. The number of benzene rings is 2. The second-order valence-electron chi connectivity index (χ2n) is 13.8. The molecule has 2 amide bonds. The number of hydrogen-bond donors (Lipinski definition) is 1. The molecule has 3 rings (SSSR count). The molecule has 7 heteroatoms. The van der Waals surface area contributed by atoms with Gasteiger partial charge in [-0.15, -0.1) is 0 Å². The molecule has 0 aliphatic carbocycles. The summed E-state index contributed by atoms with van der Waals surface area (Å²) in [6, 6.07) is 18.0. The van der Waals surface area contributed by atoms with E-state index in [9.17, 15) is 9.59 Å². The molecule has 0 spiro atoms. The summed E-state index contributed by atoms with van der Waals surface area (Å²) in [4.78, 5) is 27.5. The molecule has 1 aliphatic heterocycles. The molecule has 7 nitrogen and oxygen atoms in total. The van der Waals surface area contributed by atoms with Crippen LogP contribution in [0.25, 0.3) is 0 Å². The lowest BCUT2D eigenvalue weighted by atomic mass is 9.88. The average molecular weight is 637 g/mol. The lowest BCUT2D eigenvalue weighted by Gasteiger charge is -2.33. The highest BCUT2D eigenvalue weighted by molar-refractivity contribution is 5.94. The van der Waals surface area contributed by atoms with E-state index in [2.05, 4.69) is 30.4 Å². The second kappa shape index (κ2) is 21.1. The van der Waals surface area contributed by atoms with Gasteiger partial charge in [-0.3, -0.25) is 4.79 Å². The number of unbranched alkanes of at least 4 members (excludes halogenated alkanes) is 9. The number of nitrogens with one attached hydrogen (secondary N) is 1. The Morgan fingerprint density at radius 3 is 2.17 bits per heavy atom. The number of hydrogen-bond acceptors (Lipinski definition) is 5. The Morgan fingerprint density at radius 1 is 0.870 bits per heavy atom. The maximum absolute atomic E-state index is 13.2. The third-order valence-electron chi connectivity index (χ3n) is 8.52. The molecule has 1 heterocycles. The van der Waals surface area contributed by atoms with Crippen molar-refractivity contribution >= 4 is 12.0 Å². The van der Waals surface area contributed by atoms with Crippen molar-refractivity contribution in [3.63, 3.8) is 0 Å². The van der Waals surface area contributed by atoms with Gasteiger partial charge in [-0.2, -0.15) is 0 Å². The summed E-state index contributed by atoms with van der Waals surface area (Å²) < 4.78 is 17.8. The van der Waals surface area contributed by atoms with Crippen LogP contribution < -0.4 is 5.32 Å². The number of carbonyl (C=O) groups excluding carboxylic acids is 2. The quantitative estimate of drug-likeness (QED) is 0.147. The Balaban J connectivity index is 1.44. The zero-order valence-electron chi connectivity index (χ0n) is 29.1. The third-order valence-corrected chi connectivity index (χ3v) is 8.52. The highest BCUT2D eigenvalue weighted by Gasteiger charge is 2.27. The van der Waals surface area contributed by atoms with Gasteiger partial charge in [-0.05, 0) is 69.2 Å². The van der Waals surface area contributed by atoms with E-state index in [1.807, 2.05) is 57.2 Å². The molecule has 0 bridgehead atoms. The summed E-state index contributed by atoms with van der Waals surface area (Å²) >= 11 is 0. The maximum Gasteiger partial charge on any atom is 0.410 e. The number of amides is 2. The Morgan fingerprint density at radius 2 is 1.52 bits per heavy atom. The molecular formula is C39H60N2O5. The van der Waals surface area contributed by atoms with Crippen LogP contribution in [0.5, 0.6) is 0 Å². The van der Waals surface area contributed by atoms with E-state index in [1.165, 1.54) is 57.8 Å². The number of likely N-dealkylation sites (tertiary alicyclic amines) is 1. The fraction of sp³-hybridized carbons (Fsp3) is 0.641. The van der Waals surface area contributed by atoms with Crippen molar-refractivity contribution in [1.82, 2.24) is 10.2 Å². The second-order valence-corrected chi connectivity index (χ2v) is 13.8. The number of ether oxygens (including phenoxy) is 3. The van der Waals surface area contributed by atoms with Crippen LogP contribution in [0.2, 0.25) is 0 Å². The normalized spacial score (nSPS) is 14.7. The molecule has 2 aromatic rings. The van der Waals surface area contributed by atoms with Gasteiger partial charge in [0.15, 0.2) is 0 Å². The molecule has 1 aliphatic rings. The number of rotatable bonds is 20. The van der Waals surface area contributed by atoms with Crippen LogP contribution in [-0.2, 0) is 20.8 Å². The summed E-state index contributed by atoms with van der Waals surface area (Å²) in [5, 5.41) is 3.10. The lowest BCUT2D eigenvalue weighted by Crippen LogP contribution is -2.41. The van der Waals surface area contributed by atoms with Gasteiger partial charge in [-0.25, -0.2) is 4.79 Å². The summed E-state index contributed by atoms with van der Waals surface area (Å²) in [6.45, 7) is 11.2. The average Bonchev–Trinajstić information content (AvgIpc) is 3.05.